The number of phenols is 2. The van der Waals surface area contributed by atoms with Gasteiger partial charge in [0.05, 0.1) is 5.02 Å². The largest absolute Gasteiger partial charge is 0.504 e. The molecule has 0 fully saturated rings. The highest BCUT2D eigenvalue weighted by Gasteiger charge is 2.20. The van der Waals surface area contributed by atoms with Gasteiger partial charge in [-0.1, -0.05) is 30.6 Å². The lowest BCUT2D eigenvalue weighted by Crippen LogP contribution is -2.21. The van der Waals surface area contributed by atoms with Crippen LogP contribution in [-0.4, -0.2) is 26.9 Å². The van der Waals surface area contributed by atoms with Crippen LogP contribution in [0.4, 0.5) is 0 Å². The number of oxime groups is 1. The highest BCUT2D eigenvalue weighted by atomic mass is 35.5. The van der Waals surface area contributed by atoms with Crippen molar-refractivity contribution in [3.63, 3.8) is 0 Å². The fourth-order valence-corrected chi connectivity index (χ4v) is 1.46. The fourth-order valence-electron chi connectivity index (χ4n) is 1.24. The van der Waals surface area contributed by atoms with Gasteiger partial charge in [0, 0.05) is 11.5 Å². The Balaban J connectivity index is 3.28. The average molecular weight is 258 g/mol. The SMILES string of the molecule is CC(C)C(=O)/C(=N\O)c1cc(O)c(O)c(Cl)c1. The first-order valence-electron chi connectivity index (χ1n) is 4.86. The third-order valence-corrected chi connectivity index (χ3v) is 2.46. The average Bonchev–Trinajstić information content (AvgIpc) is 2.26. The smallest absolute Gasteiger partial charge is 0.187 e. The Bertz CT molecular complexity index is 459. The molecule has 0 aliphatic carbocycles. The number of nitrogens with zero attached hydrogens (tertiary/aromatic N) is 1. The molecule has 5 nitrogen and oxygen atoms in total. The lowest BCUT2D eigenvalue weighted by molar-refractivity contribution is -0.115. The van der Waals surface area contributed by atoms with Gasteiger partial charge in [-0.3, -0.25) is 4.79 Å². The van der Waals surface area contributed by atoms with E-state index < -0.39 is 17.3 Å². The van der Waals surface area contributed by atoms with Gasteiger partial charge in [-0.25, -0.2) is 0 Å². The molecule has 0 aliphatic heterocycles. The summed E-state index contributed by atoms with van der Waals surface area (Å²) >= 11 is 5.65. The van der Waals surface area contributed by atoms with E-state index in [4.69, 9.17) is 16.8 Å². The zero-order valence-electron chi connectivity index (χ0n) is 9.31. The van der Waals surface area contributed by atoms with Gasteiger partial charge in [0.1, 0.15) is 0 Å². The standard InChI is InChI=1S/C11H12ClNO4/c1-5(2)10(15)9(13-17)6-3-7(12)11(16)8(14)4-6/h3-5,14,16-17H,1-2H3/b13-9-. The summed E-state index contributed by atoms with van der Waals surface area (Å²) < 4.78 is 0. The van der Waals surface area contributed by atoms with Crippen molar-refractivity contribution in [3.8, 4) is 11.5 Å². The van der Waals surface area contributed by atoms with Gasteiger partial charge in [0.25, 0.3) is 0 Å². The Labute approximate surface area is 103 Å². The number of rotatable bonds is 3. The van der Waals surface area contributed by atoms with Gasteiger partial charge in [0.2, 0.25) is 0 Å². The van der Waals surface area contributed by atoms with Crippen LogP contribution in [0.25, 0.3) is 0 Å². The highest BCUT2D eigenvalue weighted by Crippen LogP contribution is 2.34. The van der Waals surface area contributed by atoms with E-state index in [-0.39, 0.29) is 22.2 Å². The number of phenolic OH excluding ortho intramolecular Hbond substituents is 2. The number of halogens is 1. The van der Waals surface area contributed by atoms with E-state index in [9.17, 15) is 15.0 Å². The maximum absolute atomic E-state index is 11.7. The first-order chi connectivity index (χ1) is 7.88. The summed E-state index contributed by atoms with van der Waals surface area (Å²) in [5, 5.41) is 30.2. The Kier molecular flexibility index (Phi) is 3.96. The molecule has 0 spiro atoms. The summed E-state index contributed by atoms with van der Waals surface area (Å²) in [5.41, 5.74) is -0.0660. The second kappa shape index (κ2) is 5.05. The maximum atomic E-state index is 11.7. The van der Waals surface area contributed by atoms with Gasteiger partial charge in [-0.05, 0) is 12.1 Å². The van der Waals surface area contributed by atoms with Crippen molar-refractivity contribution < 1.29 is 20.2 Å². The van der Waals surface area contributed by atoms with Crippen LogP contribution in [0.2, 0.25) is 5.02 Å². The number of hydrogen-bond donors (Lipinski definition) is 3. The molecule has 0 radical (unpaired) electrons. The molecule has 92 valence electrons. The van der Waals surface area contributed by atoms with E-state index >= 15 is 0 Å². The van der Waals surface area contributed by atoms with Crippen LogP contribution >= 0.6 is 11.6 Å². The molecule has 3 N–H and O–H groups in total. The summed E-state index contributed by atoms with van der Waals surface area (Å²) in [6, 6.07) is 2.35. The molecule has 0 unspecified atom stereocenters. The van der Waals surface area contributed by atoms with Gasteiger partial charge in [-0.2, -0.15) is 0 Å². The monoisotopic (exact) mass is 257 g/mol. The van der Waals surface area contributed by atoms with Crippen LogP contribution in [0, 0.1) is 5.92 Å². The predicted molar refractivity (Wildman–Crippen MR) is 63.0 cm³/mol. The van der Waals surface area contributed by atoms with Crippen molar-refractivity contribution in [2.45, 2.75) is 13.8 Å². The van der Waals surface area contributed by atoms with Crippen LogP contribution in [0.5, 0.6) is 11.5 Å². The molecule has 17 heavy (non-hydrogen) atoms. The van der Waals surface area contributed by atoms with Crippen LogP contribution in [0.15, 0.2) is 17.3 Å². The molecule has 0 saturated heterocycles. The van der Waals surface area contributed by atoms with Crippen molar-refractivity contribution in [3.05, 3.63) is 22.7 Å². The molecule has 0 aromatic heterocycles. The molecule has 0 heterocycles. The number of benzene rings is 1. The van der Waals surface area contributed by atoms with Gasteiger partial charge in [-0.15, -0.1) is 0 Å². The van der Waals surface area contributed by atoms with E-state index in [1.54, 1.807) is 13.8 Å². The molecule has 0 aliphatic rings. The Morgan fingerprint density at radius 3 is 2.35 bits per heavy atom. The van der Waals surface area contributed by atoms with E-state index in [1.165, 1.54) is 6.07 Å². The second-order valence-electron chi connectivity index (χ2n) is 3.79. The third kappa shape index (κ3) is 2.68. The highest BCUT2D eigenvalue weighted by molar-refractivity contribution is 6.47. The van der Waals surface area contributed by atoms with Crippen LogP contribution in [0.3, 0.4) is 0 Å². The predicted octanol–water partition coefficient (Wildman–Crippen LogP) is 2.15. The topological polar surface area (TPSA) is 90.1 Å². The molecule has 1 aromatic rings. The molecule has 0 atom stereocenters. The van der Waals surface area contributed by atoms with Crippen molar-refractivity contribution in [1.29, 1.82) is 0 Å². The third-order valence-electron chi connectivity index (χ3n) is 2.17. The molecule has 6 heteroatoms. The number of hydrogen-bond acceptors (Lipinski definition) is 5. The molecule has 0 saturated carbocycles. The molecule has 1 rings (SSSR count). The Morgan fingerprint density at radius 2 is 1.94 bits per heavy atom. The molecule has 1 aromatic carbocycles. The van der Waals surface area contributed by atoms with Gasteiger partial charge >= 0.3 is 0 Å². The number of aromatic hydroxyl groups is 2. The van der Waals surface area contributed by atoms with Crippen molar-refractivity contribution in [2.75, 3.05) is 0 Å². The lowest BCUT2D eigenvalue weighted by atomic mass is 9.98. The summed E-state index contributed by atoms with van der Waals surface area (Å²) in [4.78, 5) is 11.7. The van der Waals surface area contributed by atoms with Gasteiger partial charge in [0.15, 0.2) is 23.0 Å². The first-order valence-corrected chi connectivity index (χ1v) is 5.24. The second-order valence-corrected chi connectivity index (χ2v) is 4.20. The van der Waals surface area contributed by atoms with Crippen molar-refractivity contribution >= 4 is 23.1 Å². The van der Waals surface area contributed by atoms with Crippen LogP contribution in [0.1, 0.15) is 19.4 Å². The van der Waals surface area contributed by atoms with Crippen LogP contribution < -0.4 is 0 Å². The van der Waals surface area contributed by atoms with E-state index in [0.717, 1.165) is 6.07 Å². The number of carbonyl (C=O) groups is 1. The first kappa shape index (κ1) is 13.3. The Hall–Kier alpha value is -1.75. The minimum atomic E-state index is -0.482. The molecule has 0 bridgehead atoms. The number of ketones is 1. The summed E-state index contributed by atoms with van der Waals surface area (Å²) in [5.74, 6) is -1.72. The normalized spacial score (nSPS) is 11.9. The molecule has 0 amide bonds. The van der Waals surface area contributed by atoms with Crippen molar-refractivity contribution in [2.24, 2.45) is 11.1 Å². The Morgan fingerprint density at radius 1 is 1.35 bits per heavy atom. The summed E-state index contributed by atoms with van der Waals surface area (Å²) in [6.45, 7) is 3.30. The maximum Gasteiger partial charge on any atom is 0.187 e. The fraction of sp³-hybridized carbons (Fsp3) is 0.273. The zero-order valence-corrected chi connectivity index (χ0v) is 10.1. The lowest BCUT2D eigenvalue weighted by Gasteiger charge is -2.08. The quantitative estimate of drug-likeness (QED) is 0.335. The summed E-state index contributed by atoms with van der Waals surface area (Å²) in [7, 11) is 0. The van der Waals surface area contributed by atoms with Crippen LogP contribution in [-0.2, 0) is 4.79 Å². The minimum Gasteiger partial charge on any atom is -0.504 e. The van der Waals surface area contributed by atoms with E-state index in [1.807, 2.05) is 0 Å². The number of Topliss-reactive ketones (excluding diaryl/α,β-unsaturated/α-hetero) is 1. The molecular weight excluding hydrogens is 246 g/mol. The van der Waals surface area contributed by atoms with E-state index in [2.05, 4.69) is 5.16 Å². The zero-order chi connectivity index (χ0) is 13.2. The number of carbonyl (C=O) groups excluding carboxylic acids is 1. The van der Waals surface area contributed by atoms with Crippen molar-refractivity contribution in [1.82, 2.24) is 0 Å². The van der Waals surface area contributed by atoms with E-state index in [0.29, 0.717) is 0 Å². The summed E-state index contributed by atoms with van der Waals surface area (Å²) in [6.07, 6.45) is 0. The van der Waals surface area contributed by atoms with Gasteiger partial charge < -0.3 is 15.4 Å². The minimum absolute atomic E-state index is 0.127. The molecular formula is C11H12ClNO4.